The van der Waals surface area contributed by atoms with Crippen molar-refractivity contribution in [3.05, 3.63) is 35.4 Å². The fourth-order valence-electron chi connectivity index (χ4n) is 2.25. The van der Waals surface area contributed by atoms with Gasteiger partial charge in [0.1, 0.15) is 12.2 Å². The van der Waals surface area contributed by atoms with Gasteiger partial charge in [0.2, 0.25) is 0 Å². The topological polar surface area (TPSA) is 30.5 Å². The molecule has 0 aliphatic carbocycles. The first-order chi connectivity index (χ1) is 7.34. The van der Waals surface area contributed by atoms with Gasteiger partial charge in [0.15, 0.2) is 6.29 Å². The van der Waals surface area contributed by atoms with Crippen LogP contribution in [-0.4, -0.2) is 25.3 Å². The van der Waals surface area contributed by atoms with Crippen LogP contribution in [0.25, 0.3) is 0 Å². The Morgan fingerprint density at radius 3 is 2.47 bits per heavy atom. The van der Waals surface area contributed by atoms with Gasteiger partial charge in [-0.2, -0.15) is 0 Å². The molecule has 0 aromatic heterocycles. The second-order valence-corrected chi connectivity index (χ2v) is 4.20. The third-order valence-electron chi connectivity index (χ3n) is 3.14. The zero-order valence-corrected chi connectivity index (χ0v) is 8.77. The Kier molecular flexibility index (Phi) is 2.24. The number of hydrogen-bond acceptors (Lipinski definition) is 3. The van der Waals surface area contributed by atoms with Crippen molar-refractivity contribution in [2.75, 3.05) is 13.1 Å². The number of benzene rings is 1. The molecule has 0 amide bonds. The first-order valence-electron chi connectivity index (χ1n) is 5.42. The second kappa shape index (κ2) is 3.59. The fraction of sp³-hybridized carbons (Fsp3) is 0.500. The van der Waals surface area contributed by atoms with Crippen molar-refractivity contribution in [2.45, 2.75) is 25.4 Å². The molecule has 0 saturated carbocycles. The molecule has 2 heterocycles. The van der Waals surface area contributed by atoms with E-state index in [-0.39, 0.29) is 18.5 Å². The Morgan fingerprint density at radius 2 is 1.80 bits per heavy atom. The van der Waals surface area contributed by atoms with Crippen LogP contribution in [0.4, 0.5) is 0 Å². The molecule has 80 valence electrons. The first kappa shape index (κ1) is 9.33. The van der Waals surface area contributed by atoms with Gasteiger partial charge in [-0.15, -0.1) is 0 Å². The van der Waals surface area contributed by atoms with E-state index in [9.17, 15) is 0 Å². The van der Waals surface area contributed by atoms with E-state index in [0.29, 0.717) is 0 Å². The lowest BCUT2D eigenvalue weighted by atomic mass is 10.1. The maximum absolute atomic E-state index is 5.87. The van der Waals surface area contributed by atoms with Gasteiger partial charge < -0.3 is 14.8 Å². The molecule has 2 aliphatic heterocycles. The molecule has 2 unspecified atom stereocenters. The van der Waals surface area contributed by atoms with Crippen LogP contribution in [0.3, 0.4) is 0 Å². The monoisotopic (exact) mass is 205 g/mol. The number of aryl methyl sites for hydroxylation is 1. The highest BCUT2D eigenvalue weighted by Gasteiger charge is 2.40. The highest BCUT2D eigenvalue weighted by Crippen LogP contribution is 2.33. The van der Waals surface area contributed by atoms with Crippen molar-refractivity contribution in [2.24, 2.45) is 0 Å². The lowest BCUT2D eigenvalue weighted by Crippen LogP contribution is -2.18. The van der Waals surface area contributed by atoms with Crippen molar-refractivity contribution in [3.8, 4) is 0 Å². The van der Waals surface area contributed by atoms with Gasteiger partial charge in [0, 0.05) is 18.7 Å². The number of ether oxygens (including phenoxy) is 2. The van der Waals surface area contributed by atoms with Crippen molar-refractivity contribution in [3.63, 3.8) is 0 Å². The summed E-state index contributed by atoms with van der Waals surface area (Å²) in [6.45, 7) is 3.91. The van der Waals surface area contributed by atoms with Gasteiger partial charge in [0.25, 0.3) is 0 Å². The summed E-state index contributed by atoms with van der Waals surface area (Å²) < 4.78 is 11.7. The number of nitrogens with one attached hydrogen (secondary N) is 1. The Bertz CT molecular complexity index is 354. The van der Waals surface area contributed by atoms with E-state index in [0.717, 1.165) is 18.7 Å². The summed E-state index contributed by atoms with van der Waals surface area (Å²) in [6.07, 6.45) is 0.299. The van der Waals surface area contributed by atoms with Crippen LogP contribution in [0.5, 0.6) is 0 Å². The van der Waals surface area contributed by atoms with Gasteiger partial charge >= 0.3 is 0 Å². The van der Waals surface area contributed by atoms with E-state index in [4.69, 9.17) is 9.47 Å². The predicted octanol–water partition coefficient (Wildman–Crippen LogP) is 1.38. The molecule has 1 aromatic carbocycles. The molecular weight excluding hydrogens is 190 g/mol. The molecule has 0 bridgehead atoms. The van der Waals surface area contributed by atoms with Crippen LogP contribution in [0, 0.1) is 6.92 Å². The molecule has 0 radical (unpaired) electrons. The number of hydrogen-bond donors (Lipinski definition) is 1. The zero-order valence-electron chi connectivity index (χ0n) is 8.77. The van der Waals surface area contributed by atoms with Crippen molar-refractivity contribution in [1.29, 1.82) is 0 Å². The maximum Gasteiger partial charge on any atom is 0.185 e. The third-order valence-corrected chi connectivity index (χ3v) is 3.14. The average Bonchev–Trinajstić information content (AvgIpc) is 2.77. The normalized spacial score (nSPS) is 34.3. The van der Waals surface area contributed by atoms with Gasteiger partial charge in [0.05, 0.1) is 0 Å². The van der Waals surface area contributed by atoms with E-state index in [1.54, 1.807) is 0 Å². The van der Waals surface area contributed by atoms with Crippen LogP contribution in [0.1, 0.15) is 17.4 Å². The second-order valence-electron chi connectivity index (χ2n) is 4.20. The van der Waals surface area contributed by atoms with Gasteiger partial charge in [-0.25, -0.2) is 0 Å². The number of rotatable bonds is 1. The van der Waals surface area contributed by atoms with Crippen molar-refractivity contribution >= 4 is 0 Å². The van der Waals surface area contributed by atoms with Crippen LogP contribution >= 0.6 is 0 Å². The van der Waals surface area contributed by atoms with Crippen LogP contribution in [0.15, 0.2) is 24.3 Å². The molecular formula is C12H15NO2. The van der Waals surface area contributed by atoms with E-state index < -0.39 is 0 Å². The van der Waals surface area contributed by atoms with Gasteiger partial charge in [-0.3, -0.25) is 0 Å². The van der Waals surface area contributed by atoms with Crippen molar-refractivity contribution in [1.82, 2.24) is 5.32 Å². The summed E-state index contributed by atoms with van der Waals surface area (Å²) >= 11 is 0. The minimum absolute atomic E-state index is 0.164. The van der Waals surface area contributed by atoms with E-state index in [1.165, 1.54) is 5.56 Å². The maximum atomic E-state index is 5.87. The highest BCUT2D eigenvalue weighted by atomic mass is 16.7. The Labute approximate surface area is 89.4 Å². The van der Waals surface area contributed by atoms with Crippen molar-refractivity contribution < 1.29 is 9.47 Å². The summed E-state index contributed by atoms with van der Waals surface area (Å²) in [4.78, 5) is 0. The minimum Gasteiger partial charge on any atom is -0.341 e. The van der Waals surface area contributed by atoms with E-state index in [2.05, 4.69) is 24.4 Å². The molecule has 2 aliphatic rings. The fourth-order valence-corrected chi connectivity index (χ4v) is 2.25. The Balaban J connectivity index is 1.82. The minimum atomic E-state index is -0.164. The molecule has 1 N–H and O–H groups in total. The molecule has 1 aromatic rings. The third kappa shape index (κ3) is 1.57. The highest BCUT2D eigenvalue weighted by molar-refractivity contribution is 5.27. The smallest absolute Gasteiger partial charge is 0.185 e. The quantitative estimate of drug-likeness (QED) is 0.751. The standard InChI is InChI=1S/C12H15NO2/c1-8-4-2-3-5-9(8)12-14-10-6-13-7-11(10)15-12/h2-5,10-13H,6-7H2,1H3. The molecule has 0 spiro atoms. The van der Waals surface area contributed by atoms with E-state index >= 15 is 0 Å². The summed E-state index contributed by atoms with van der Waals surface area (Å²) in [5, 5.41) is 3.26. The molecule has 2 saturated heterocycles. The molecule has 15 heavy (non-hydrogen) atoms. The van der Waals surface area contributed by atoms with E-state index in [1.807, 2.05) is 12.1 Å². The SMILES string of the molecule is Cc1ccccc1C1OC2CNCC2O1. The zero-order chi connectivity index (χ0) is 10.3. The Morgan fingerprint density at radius 1 is 1.13 bits per heavy atom. The lowest BCUT2D eigenvalue weighted by molar-refractivity contribution is -0.0732. The predicted molar refractivity (Wildman–Crippen MR) is 56.5 cm³/mol. The Hall–Kier alpha value is -0.900. The number of fused-ring (bicyclic) bond motifs is 1. The van der Waals surface area contributed by atoms with Gasteiger partial charge in [-0.05, 0) is 12.5 Å². The summed E-state index contributed by atoms with van der Waals surface area (Å²) in [5.41, 5.74) is 2.39. The summed E-state index contributed by atoms with van der Waals surface area (Å²) in [5.74, 6) is 0. The molecule has 3 nitrogen and oxygen atoms in total. The molecule has 3 rings (SSSR count). The summed E-state index contributed by atoms with van der Waals surface area (Å²) in [6, 6.07) is 8.24. The van der Waals surface area contributed by atoms with Crippen LogP contribution in [0.2, 0.25) is 0 Å². The largest absolute Gasteiger partial charge is 0.341 e. The summed E-state index contributed by atoms with van der Waals surface area (Å²) in [7, 11) is 0. The van der Waals surface area contributed by atoms with Crippen LogP contribution in [-0.2, 0) is 9.47 Å². The molecule has 2 atom stereocenters. The van der Waals surface area contributed by atoms with Crippen LogP contribution < -0.4 is 5.32 Å². The average molecular weight is 205 g/mol. The molecule has 3 heteroatoms. The first-order valence-corrected chi connectivity index (χ1v) is 5.42. The molecule has 2 fully saturated rings. The lowest BCUT2D eigenvalue weighted by Gasteiger charge is -2.14. The van der Waals surface area contributed by atoms with Gasteiger partial charge in [-0.1, -0.05) is 24.3 Å².